The molecule has 0 saturated heterocycles. The third kappa shape index (κ3) is 3.62. The topological polar surface area (TPSA) is 87.7 Å². The van der Waals surface area contributed by atoms with Crippen molar-refractivity contribution in [1.82, 2.24) is 5.32 Å². The second kappa shape index (κ2) is 6.07. The Morgan fingerprint density at radius 1 is 1.39 bits per heavy atom. The number of oxime groups is 1. The van der Waals surface area contributed by atoms with E-state index in [-0.39, 0.29) is 11.7 Å². The lowest BCUT2D eigenvalue weighted by Gasteiger charge is -2.28. The first kappa shape index (κ1) is 14.8. The molecule has 18 heavy (non-hydrogen) atoms. The largest absolute Gasteiger partial charge is 0.409 e. The molecule has 0 bridgehead atoms. The quantitative estimate of drug-likeness (QED) is 0.309. The Balaban J connectivity index is 2.42. The summed E-state index contributed by atoms with van der Waals surface area (Å²) in [6.07, 6.45) is 4.82. The molecular weight excluding hydrogens is 230 g/mol. The van der Waals surface area contributed by atoms with Gasteiger partial charge in [-0.2, -0.15) is 0 Å². The highest BCUT2D eigenvalue weighted by molar-refractivity contribution is 6.05. The van der Waals surface area contributed by atoms with Gasteiger partial charge in [0.15, 0.2) is 5.84 Å². The first-order valence-electron chi connectivity index (χ1n) is 6.64. The van der Waals surface area contributed by atoms with Gasteiger partial charge in [-0.15, -0.1) is 0 Å². The van der Waals surface area contributed by atoms with E-state index in [2.05, 4.69) is 17.4 Å². The van der Waals surface area contributed by atoms with Crippen LogP contribution in [0.5, 0.6) is 0 Å². The molecule has 0 aliphatic heterocycles. The van der Waals surface area contributed by atoms with E-state index in [1.54, 1.807) is 13.8 Å². The second-order valence-electron chi connectivity index (χ2n) is 5.95. The van der Waals surface area contributed by atoms with Crippen molar-refractivity contribution in [3.8, 4) is 0 Å². The van der Waals surface area contributed by atoms with Gasteiger partial charge < -0.3 is 16.3 Å². The fourth-order valence-electron chi connectivity index (χ4n) is 2.23. The summed E-state index contributed by atoms with van der Waals surface area (Å²) >= 11 is 0. The van der Waals surface area contributed by atoms with Crippen LogP contribution in [0.4, 0.5) is 0 Å². The third-order valence-corrected chi connectivity index (χ3v) is 4.00. The van der Waals surface area contributed by atoms with Crippen LogP contribution < -0.4 is 11.1 Å². The van der Waals surface area contributed by atoms with E-state index in [9.17, 15) is 4.79 Å². The molecule has 0 atom stereocenters. The average Bonchev–Trinajstić information content (AvgIpc) is 2.36. The van der Waals surface area contributed by atoms with Crippen molar-refractivity contribution in [2.75, 3.05) is 6.54 Å². The summed E-state index contributed by atoms with van der Waals surface area (Å²) in [5.74, 6) is 1.13. The summed E-state index contributed by atoms with van der Waals surface area (Å²) in [5.41, 5.74) is 4.56. The Labute approximate surface area is 109 Å². The molecule has 0 radical (unpaired) electrons. The molecule has 1 aliphatic carbocycles. The van der Waals surface area contributed by atoms with Crippen LogP contribution in [0.15, 0.2) is 5.16 Å². The highest BCUT2D eigenvalue weighted by atomic mass is 16.4. The SMILES string of the molecule is CC1CCC(CNC(=O)C(C)(C)C(N)=NO)CC1. The molecule has 5 heteroatoms. The van der Waals surface area contributed by atoms with E-state index in [4.69, 9.17) is 10.9 Å². The molecular formula is C13H25N3O2. The van der Waals surface area contributed by atoms with Gasteiger partial charge in [-0.1, -0.05) is 24.9 Å². The fourth-order valence-corrected chi connectivity index (χ4v) is 2.23. The van der Waals surface area contributed by atoms with Gasteiger partial charge in [0.25, 0.3) is 0 Å². The zero-order chi connectivity index (χ0) is 13.8. The lowest BCUT2D eigenvalue weighted by atomic mass is 9.82. The maximum Gasteiger partial charge on any atom is 0.233 e. The highest BCUT2D eigenvalue weighted by Gasteiger charge is 2.33. The number of carbonyl (C=O) groups excluding carboxylic acids is 1. The molecule has 0 spiro atoms. The van der Waals surface area contributed by atoms with Gasteiger partial charge in [-0.25, -0.2) is 0 Å². The summed E-state index contributed by atoms with van der Waals surface area (Å²) in [6, 6.07) is 0. The number of nitrogens with two attached hydrogens (primary N) is 1. The number of amidine groups is 1. The smallest absolute Gasteiger partial charge is 0.233 e. The zero-order valence-electron chi connectivity index (χ0n) is 11.6. The van der Waals surface area contributed by atoms with Crippen molar-refractivity contribution >= 4 is 11.7 Å². The Hall–Kier alpha value is -1.26. The number of amides is 1. The molecule has 0 aromatic heterocycles. The zero-order valence-corrected chi connectivity index (χ0v) is 11.6. The number of rotatable bonds is 4. The van der Waals surface area contributed by atoms with Gasteiger partial charge >= 0.3 is 0 Å². The van der Waals surface area contributed by atoms with Gasteiger partial charge in [-0.05, 0) is 38.5 Å². The normalized spacial score (nSPS) is 25.8. The lowest BCUT2D eigenvalue weighted by molar-refractivity contribution is -0.126. The van der Waals surface area contributed by atoms with Crippen LogP contribution in [0.2, 0.25) is 0 Å². The Bertz CT molecular complexity index is 318. The second-order valence-corrected chi connectivity index (χ2v) is 5.95. The summed E-state index contributed by atoms with van der Waals surface area (Å²) in [5, 5.41) is 14.5. The highest BCUT2D eigenvalue weighted by Crippen LogP contribution is 2.28. The van der Waals surface area contributed by atoms with Crippen molar-refractivity contribution in [2.45, 2.75) is 46.5 Å². The first-order chi connectivity index (χ1) is 8.37. The Kier molecular flexibility index (Phi) is 4.99. The van der Waals surface area contributed by atoms with Gasteiger partial charge in [0.05, 0.1) is 0 Å². The van der Waals surface area contributed by atoms with Crippen molar-refractivity contribution in [3.63, 3.8) is 0 Å². The lowest BCUT2D eigenvalue weighted by Crippen LogP contribution is -2.47. The van der Waals surface area contributed by atoms with Crippen molar-refractivity contribution in [1.29, 1.82) is 0 Å². The van der Waals surface area contributed by atoms with Crippen LogP contribution in [0.1, 0.15) is 46.5 Å². The summed E-state index contributed by atoms with van der Waals surface area (Å²) in [4.78, 5) is 12.0. The molecule has 0 unspecified atom stereocenters. The van der Waals surface area contributed by atoms with Crippen LogP contribution in [-0.4, -0.2) is 23.5 Å². The van der Waals surface area contributed by atoms with Crippen molar-refractivity contribution in [2.24, 2.45) is 28.1 Å². The molecule has 4 N–H and O–H groups in total. The molecule has 5 nitrogen and oxygen atoms in total. The molecule has 0 aromatic carbocycles. The van der Waals surface area contributed by atoms with E-state index in [0.29, 0.717) is 12.5 Å². The Morgan fingerprint density at radius 3 is 2.44 bits per heavy atom. The number of hydrogen-bond acceptors (Lipinski definition) is 3. The minimum Gasteiger partial charge on any atom is -0.409 e. The Morgan fingerprint density at radius 2 is 1.94 bits per heavy atom. The molecule has 0 aromatic rings. The molecule has 104 valence electrons. The standard InChI is InChI=1S/C13H25N3O2/c1-9-4-6-10(7-5-9)8-15-12(17)13(2,3)11(14)16-18/h9-10,18H,4-8H2,1-3H3,(H2,14,16)(H,15,17). The fraction of sp³-hybridized carbons (Fsp3) is 0.846. The summed E-state index contributed by atoms with van der Waals surface area (Å²) < 4.78 is 0. The average molecular weight is 255 g/mol. The van der Waals surface area contributed by atoms with Crippen molar-refractivity contribution < 1.29 is 10.0 Å². The van der Waals surface area contributed by atoms with E-state index >= 15 is 0 Å². The van der Waals surface area contributed by atoms with Crippen LogP contribution in [0.25, 0.3) is 0 Å². The molecule has 0 heterocycles. The maximum atomic E-state index is 12.0. The summed E-state index contributed by atoms with van der Waals surface area (Å²) in [7, 11) is 0. The monoisotopic (exact) mass is 255 g/mol. The predicted molar refractivity (Wildman–Crippen MR) is 71.3 cm³/mol. The third-order valence-electron chi connectivity index (χ3n) is 4.00. The van der Waals surface area contributed by atoms with Crippen LogP contribution in [-0.2, 0) is 4.79 Å². The minimum atomic E-state index is -0.962. The predicted octanol–water partition coefficient (Wildman–Crippen LogP) is 1.70. The van der Waals surface area contributed by atoms with Gasteiger partial charge in [-0.3, -0.25) is 4.79 Å². The van der Waals surface area contributed by atoms with Crippen LogP contribution in [0.3, 0.4) is 0 Å². The molecule has 1 aliphatic rings. The van der Waals surface area contributed by atoms with E-state index in [0.717, 1.165) is 5.92 Å². The minimum absolute atomic E-state index is 0.0581. The van der Waals surface area contributed by atoms with Gasteiger partial charge in [0.1, 0.15) is 5.41 Å². The number of nitrogens with zero attached hydrogens (tertiary/aromatic N) is 1. The number of hydrogen-bond donors (Lipinski definition) is 3. The molecule has 1 rings (SSSR count). The first-order valence-corrected chi connectivity index (χ1v) is 6.64. The van der Waals surface area contributed by atoms with Gasteiger partial charge in [0, 0.05) is 6.54 Å². The number of carbonyl (C=O) groups is 1. The van der Waals surface area contributed by atoms with Gasteiger partial charge in [0.2, 0.25) is 5.91 Å². The van der Waals surface area contributed by atoms with E-state index < -0.39 is 5.41 Å². The number of nitrogens with one attached hydrogen (secondary N) is 1. The molecule has 1 saturated carbocycles. The van der Waals surface area contributed by atoms with E-state index in [1.807, 2.05) is 0 Å². The molecule has 1 amide bonds. The summed E-state index contributed by atoms with van der Waals surface area (Å²) in [6.45, 7) is 6.27. The van der Waals surface area contributed by atoms with Crippen LogP contribution in [0, 0.1) is 17.3 Å². The van der Waals surface area contributed by atoms with Crippen LogP contribution >= 0.6 is 0 Å². The van der Waals surface area contributed by atoms with E-state index in [1.165, 1.54) is 25.7 Å². The maximum absolute atomic E-state index is 12.0. The van der Waals surface area contributed by atoms with Crippen molar-refractivity contribution in [3.05, 3.63) is 0 Å². The molecule has 1 fully saturated rings.